The molecule has 0 saturated heterocycles. The van der Waals surface area contributed by atoms with E-state index in [1.54, 1.807) is 24.4 Å². The van der Waals surface area contributed by atoms with Gasteiger partial charge in [0.1, 0.15) is 10.9 Å². The normalized spacial score (nSPS) is 19.6. The van der Waals surface area contributed by atoms with E-state index in [1.165, 1.54) is 24.3 Å². The van der Waals surface area contributed by atoms with Crippen LogP contribution in [0.15, 0.2) is 36.4 Å². The summed E-state index contributed by atoms with van der Waals surface area (Å²) in [6, 6.07) is 9.07. The average Bonchev–Trinajstić information content (AvgIpc) is 3.22. The van der Waals surface area contributed by atoms with Crippen molar-refractivity contribution in [3.63, 3.8) is 0 Å². The third-order valence-corrected chi connectivity index (χ3v) is 6.16. The second kappa shape index (κ2) is 8.70. The van der Waals surface area contributed by atoms with Crippen LogP contribution in [0.2, 0.25) is 10.0 Å². The monoisotopic (exact) mass is 512 g/mol. The molecular weight excluding hydrogens is 499 g/mol. The van der Waals surface area contributed by atoms with E-state index in [0.717, 1.165) is 0 Å². The Labute approximate surface area is 196 Å². The summed E-state index contributed by atoms with van der Waals surface area (Å²) in [4.78, 5) is 24.9. The molecule has 166 valence electrons. The zero-order valence-electron chi connectivity index (χ0n) is 15.8. The van der Waals surface area contributed by atoms with Gasteiger partial charge in [0.25, 0.3) is 5.91 Å². The van der Waals surface area contributed by atoms with Crippen molar-refractivity contribution in [2.45, 2.75) is 23.4 Å². The van der Waals surface area contributed by atoms with Gasteiger partial charge in [-0.1, -0.05) is 29.3 Å². The smallest absolute Gasteiger partial charge is 0.343 e. The molecule has 2 unspecified atom stereocenters. The molecule has 2 N–H and O–H groups in total. The minimum Gasteiger partial charge on any atom is -0.343 e. The second-order valence-corrected chi connectivity index (χ2v) is 9.47. The van der Waals surface area contributed by atoms with Gasteiger partial charge in [0.2, 0.25) is 5.91 Å². The Bertz CT molecular complexity index is 1020. The van der Waals surface area contributed by atoms with Crippen molar-refractivity contribution in [2.75, 3.05) is 11.9 Å². The van der Waals surface area contributed by atoms with E-state index in [4.69, 9.17) is 46.4 Å². The van der Waals surface area contributed by atoms with Gasteiger partial charge in [0, 0.05) is 27.2 Å². The molecule has 0 heterocycles. The van der Waals surface area contributed by atoms with Gasteiger partial charge in [-0.15, -0.1) is 23.2 Å². The van der Waals surface area contributed by atoms with Crippen LogP contribution >= 0.6 is 46.4 Å². The summed E-state index contributed by atoms with van der Waals surface area (Å²) in [5, 5.41) is 5.14. The van der Waals surface area contributed by atoms with Crippen LogP contribution in [-0.4, -0.2) is 28.9 Å². The van der Waals surface area contributed by atoms with Crippen LogP contribution in [0.3, 0.4) is 0 Å². The zero-order valence-corrected chi connectivity index (χ0v) is 18.8. The molecule has 2 aromatic carbocycles. The predicted octanol–water partition coefficient (Wildman–Crippen LogP) is 6.12. The number of carbonyl (C=O) groups is 2. The predicted molar refractivity (Wildman–Crippen MR) is 115 cm³/mol. The summed E-state index contributed by atoms with van der Waals surface area (Å²) in [5.74, 6) is -2.81. The molecule has 2 amide bonds. The number of anilines is 1. The number of hydrogen-bond donors (Lipinski definition) is 2. The second-order valence-electron chi connectivity index (χ2n) is 7.15. The molecule has 3 rings (SSSR count). The van der Waals surface area contributed by atoms with E-state index in [0.29, 0.717) is 21.2 Å². The Morgan fingerprint density at radius 2 is 1.68 bits per heavy atom. The van der Waals surface area contributed by atoms with E-state index < -0.39 is 40.7 Å². The van der Waals surface area contributed by atoms with E-state index in [9.17, 15) is 22.8 Å². The molecule has 0 aromatic heterocycles. The first-order chi connectivity index (χ1) is 14.3. The lowest BCUT2D eigenvalue weighted by molar-refractivity contribution is -0.123. The minimum atomic E-state index is -4.54. The van der Waals surface area contributed by atoms with Crippen molar-refractivity contribution >= 4 is 63.9 Å². The quantitative estimate of drug-likeness (QED) is 0.473. The maximum atomic E-state index is 12.8. The van der Waals surface area contributed by atoms with Crippen molar-refractivity contribution in [1.82, 2.24) is 5.32 Å². The maximum Gasteiger partial charge on any atom is 0.405 e. The van der Waals surface area contributed by atoms with Crippen molar-refractivity contribution < 1.29 is 22.8 Å². The summed E-state index contributed by atoms with van der Waals surface area (Å²) in [6.45, 7) is 0.102. The Balaban J connectivity index is 1.75. The Hall–Kier alpha value is -1.67. The van der Waals surface area contributed by atoms with E-state index in [-0.39, 0.29) is 11.3 Å². The molecule has 2 atom stereocenters. The molecule has 1 saturated carbocycles. The van der Waals surface area contributed by atoms with Crippen LogP contribution in [0.4, 0.5) is 18.9 Å². The first kappa shape index (κ1) is 24.0. The van der Waals surface area contributed by atoms with Crippen molar-refractivity contribution in [3.05, 3.63) is 63.1 Å². The number of benzene rings is 2. The van der Waals surface area contributed by atoms with Crippen molar-refractivity contribution in [2.24, 2.45) is 5.92 Å². The highest BCUT2D eigenvalue weighted by molar-refractivity contribution is 6.53. The number of rotatable bonds is 5. The number of halogens is 7. The van der Waals surface area contributed by atoms with Gasteiger partial charge < -0.3 is 10.6 Å². The summed E-state index contributed by atoms with van der Waals surface area (Å²) >= 11 is 24.6. The SMILES string of the molecule is Cc1ccc(NC(=O)C2C(c3cc(Cl)cc(Cl)c3)C2(Cl)Cl)cc1C(=O)NCC(F)(F)F. The number of alkyl halides is 5. The largest absolute Gasteiger partial charge is 0.405 e. The minimum absolute atomic E-state index is 0.000898. The number of amides is 2. The molecule has 4 nitrogen and oxygen atoms in total. The molecular formula is C20H15Cl4F3N2O2. The molecule has 0 aliphatic heterocycles. The lowest BCUT2D eigenvalue weighted by atomic mass is 10.1. The van der Waals surface area contributed by atoms with Gasteiger partial charge in [0.15, 0.2) is 0 Å². The van der Waals surface area contributed by atoms with Gasteiger partial charge >= 0.3 is 6.18 Å². The molecule has 2 aromatic rings. The van der Waals surface area contributed by atoms with Crippen LogP contribution in [0.1, 0.15) is 27.4 Å². The van der Waals surface area contributed by atoms with Gasteiger partial charge in [-0.3, -0.25) is 9.59 Å². The third-order valence-electron chi connectivity index (χ3n) is 4.78. The summed E-state index contributed by atoms with van der Waals surface area (Å²) in [6.07, 6.45) is -4.54. The standard InChI is InChI=1S/C20H15Cl4F3N2O2/c1-9-2-3-13(7-14(9)17(30)28-8-19(25,26)27)29-18(31)16-15(20(16,23)24)10-4-11(21)6-12(22)5-10/h2-7,15-16H,8H2,1H3,(H,28,30)(H,29,31). The highest BCUT2D eigenvalue weighted by Crippen LogP contribution is 2.65. The van der Waals surface area contributed by atoms with E-state index >= 15 is 0 Å². The van der Waals surface area contributed by atoms with E-state index in [1.807, 2.05) is 0 Å². The lowest BCUT2D eigenvalue weighted by Gasteiger charge is -2.12. The van der Waals surface area contributed by atoms with Gasteiger partial charge in [0.05, 0.1) is 5.92 Å². The van der Waals surface area contributed by atoms with E-state index in [2.05, 4.69) is 5.32 Å². The first-order valence-electron chi connectivity index (χ1n) is 8.90. The lowest BCUT2D eigenvalue weighted by Crippen LogP contribution is -2.34. The molecule has 0 spiro atoms. The van der Waals surface area contributed by atoms with Crippen molar-refractivity contribution in [3.8, 4) is 0 Å². The van der Waals surface area contributed by atoms with Crippen LogP contribution in [-0.2, 0) is 4.79 Å². The number of aryl methyl sites for hydroxylation is 1. The Morgan fingerprint density at radius 3 is 2.26 bits per heavy atom. The fourth-order valence-corrected chi connectivity index (χ4v) is 4.63. The van der Waals surface area contributed by atoms with Crippen LogP contribution in [0.25, 0.3) is 0 Å². The third kappa shape index (κ3) is 5.58. The number of carbonyl (C=O) groups excluding carboxylic acids is 2. The van der Waals surface area contributed by atoms with Gasteiger partial charge in [-0.05, 0) is 48.4 Å². The summed E-state index contributed by atoms with van der Waals surface area (Å²) in [5.41, 5.74) is 1.25. The number of nitrogens with one attached hydrogen (secondary N) is 2. The van der Waals surface area contributed by atoms with Gasteiger partial charge in [-0.2, -0.15) is 13.2 Å². The Kier molecular flexibility index (Phi) is 6.73. The highest BCUT2D eigenvalue weighted by Gasteiger charge is 2.67. The van der Waals surface area contributed by atoms with Crippen molar-refractivity contribution in [1.29, 1.82) is 0 Å². The molecule has 0 radical (unpaired) electrons. The fraction of sp³-hybridized carbons (Fsp3) is 0.300. The van der Waals surface area contributed by atoms with Crippen LogP contribution in [0.5, 0.6) is 0 Å². The molecule has 11 heteroatoms. The van der Waals surface area contributed by atoms with Crippen LogP contribution in [0, 0.1) is 12.8 Å². The zero-order chi connectivity index (χ0) is 23.1. The number of hydrogen-bond acceptors (Lipinski definition) is 2. The van der Waals surface area contributed by atoms with Gasteiger partial charge in [-0.25, -0.2) is 0 Å². The highest BCUT2D eigenvalue weighted by atomic mass is 35.5. The molecule has 31 heavy (non-hydrogen) atoms. The maximum absolute atomic E-state index is 12.8. The molecule has 1 fully saturated rings. The first-order valence-corrected chi connectivity index (χ1v) is 10.4. The topological polar surface area (TPSA) is 58.2 Å². The molecule has 1 aliphatic carbocycles. The summed E-state index contributed by atoms with van der Waals surface area (Å²) in [7, 11) is 0. The van der Waals surface area contributed by atoms with Crippen LogP contribution < -0.4 is 10.6 Å². The molecule has 1 aliphatic rings. The average molecular weight is 514 g/mol. The molecule has 0 bridgehead atoms. The Morgan fingerprint density at radius 1 is 1.06 bits per heavy atom. The fourth-order valence-electron chi connectivity index (χ4n) is 3.26. The summed E-state index contributed by atoms with van der Waals surface area (Å²) < 4.78 is 35.7.